The summed E-state index contributed by atoms with van der Waals surface area (Å²) < 4.78 is 28.4. The van der Waals surface area contributed by atoms with Crippen molar-refractivity contribution in [1.29, 1.82) is 0 Å². The fourth-order valence-electron chi connectivity index (χ4n) is 8.84. The zero-order chi connectivity index (χ0) is 57.5. The predicted octanol–water partition coefficient (Wildman–Crippen LogP) is 16.5. The Hall–Kier alpha value is -4.36. The van der Waals surface area contributed by atoms with E-state index in [1.54, 1.807) is 0 Å². The molecule has 0 aromatic heterocycles. The Balaban J connectivity index is 2.68. The van der Waals surface area contributed by atoms with Gasteiger partial charge in [0.25, 0.3) is 0 Å². The molecule has 0 aliphatic carbocycles. The van der Waals surface area contributed by atoms with Crippen LogP contribution in [0.3, 0.4) is 0 Å². The molecule has 79 heavy (non-hydrogen) atoms. The summed E-state index contributed by atoms with van der Waals surface area (Å²) in [5.74, 6) is -3.25. The number of esters is 3. The van der Waals surface area contributed by atoms with Gasteiger partial charge in [0, 0.05) is 19.3 Å². The van der Waals surface area contributed by atoms with Gasteiger partial charge in [0.2, 0.25) is 0 Å². The van der Waals surface area contributed by atoms with E-state index in [4.69, 9.17) is 23.7 Å². The Labute approximate surface area is 479 Å². The Kier molecular flexibility index (Phi) is 49.9. The summed E-state index contributed by atoms with van der Waals surface area (Å²) in [7, 11) is 0. The molecule has 1 aliphatic heterocycles. The van der Waals surface area contributed by atoms with Gasteiger partial charge in [-0.15, -0.1) is 0 Å². The average molecular weight is 1110 g/mol. The average Bonchev–Trinajstić information content (AvgIpc) is 3.48. The van der Waals surface area contributed by atoms with Gasteiger partial charge in [-0.2, -0.15) is 0 Å². The second-order valence-electron chi connectivity index (χ2n) is 20.9. The van der Waals surface area contributed by atoms with Crippen molar-refractivity contribution in [2.75, 3.05) is 13.2 Å². The van der Waals surface area contributed by atoms with E-state index < -0.39 is 67.3 Å². The van der Waals surface area contributed by atoms with Gasteiger partial charge in [-0.25, -0.2) is 4.79 Å². The molecule has 1 heterocycles. The highest BCUT2D eigenvalue weighted by Gasteiger charge is 2.50. The Morgan fingerprint density at radius 1 is 0.430 bits per heavy atom. The van der Waals surface area contributed by atoms with Gasteiger partial charge in [0.1, 0.15) is 18.8 Å². The quantitative estimate of drug-likeness (QED) is 0.0228. The van der Waals surface area contributed by atoms with Crippen LogP contribution >= 0.6 is 0 Å². The molecule has 3 N–H and O–H groups in total. The van der Waals surface area contributed by atoms with E-state index >= 15 is 0 Å². The summed E-state index contributed by atoms with van der Waals surface area (Å²) in [6.07, 6.45) is 59.6. The zero-order valence-corrected chi connectivity index (χ0v) is 49.6. The molecule has 6 atom stereocenters. The lowest BCUT2D eigenvalue weighted by atomic mass is 9.98. The van der Waals surface area contributed by atoms with Gasteiger partial charge in [0.15, 0.2) is 24.6 Å². The molecule has 1 saturated heterocycles. The van der Waals surface area contributed by atoms with Crippen LogP contribution in [0.5, 0.6) is 0 Å². The van der Waals surface area contributed by atoms with Gasteiger partial charge in [-0.05, 0) is 103 Å². The van der Waals surface area contributed by atoms with E-state index in [-0.39, 0.29) is 25.9 Å². The highest BCUT2D eigenvalue weighted by molar-refractivity contribution is 5.74. The lowest BCUT2D eigenvalue weighted by molar-refractivity contribution is -0.301. The van der Waals surface area contributed by atoms with Crippen molar-refractivity contribution in [3.63, 3.8) is 0 Å². The van der Waals surface area contributed by atoms with Crippen LogP contribution in [-0.4, -0.2) is 89.2 Å². The molecule has 0 aromatic rings. The Bertz CT molecular complexity index is 1740. The number of aliphatic hydroxyl groups is 2. The van der Waals surface area contributed by atoms with E-state index in [0.717, 1.165) is 109 Å². The molecular weight excluding hydrogens is 997 g/mol. The first-order valence-electron chi connectivity index (χ1n) is 31.2. The number of rotatable bonds is 52. The Morgan fingerprint density at radius 2 is 0.835 bits per heavy atom. The minimum Gasteiger partial charge on any atom is -0.479 e. The maximum Gasteiger partial charge on any atom is 0.335 e. The van der Waals surface area contributed by atoms with Gasteiger partial charge in [-0.3, -0.25) is 14.4 Å². The summed E-state index contributed by atoms with van der Waals surface area (Å²) in [6, 6.07) is 0. The molecule has 0 radical (unpaired) electrons. The molecule has 0 spiro atoms. The van der Waals surface area contributed by atoms with Gasteiger partial charge in [-0.1, -0.05) is 227 Å². The highest BCUT2D eigenvalue weighted by Crippen LogP contribution is 2.26. The maximum absolute atomic E-state index is 13.1. The summed E-state index contributed by atoms with van der Waals surface area (Å²) >= 11 is 0. The molecular formula is C67H110O12. The van der Waals surface area contributed by atoms with Crippen LogP contribution in [0.25, 0.3) is 0 Å². The lowest BCUT2D eigenvalue weighted by Crippen LogP contribution is -2.61. The van der Waals surface area contributed by atoms with Crippen LogP contribution in [0.15, 0.2) is 97.2 Å². The monoisotopic (exact) mass is 1110 g/mol. The number of carbonyl (C=O) groups excluding carboxylic acids is 3. The third kappa shape index (κ3) is 44.0. The molecule has 1 rings (SSSR count). The SMILES string of the molecule is CC/C=C\C/C=C\C/C=C\C/C=C\C/C=C\C/C=C\CCC(=O)OCC(COC1OC(C(=O)O)C(O)C(O)C1OC(=O)CCCCCCCCCCC/C=C\CCCCCCCC)OC(=O)CCCCCCC/C=C\CCCC. The zero-order valence-electron chi connectivity index (χ0n) is 49.6. The number of aliphatic hydroxyl groups excluding tert-OH is 2. The fraction of sp³-hybridized carbons (Fsp3) is 0.701. The van der Waals surface area contributed by atoms with E-state index in [1.807, 2.05) is 12.2 Å². The molecule has 0 bridgehead atoms. The van der Waals surface area contributed by atoms with E-state index in [2.05, 4.69) is 106 Å². The molecule has 0 aromatic carbocycles. The van der Waals surface area contributed by atoms with E-state index in [1.165, 1.54) is 83.5 Å². The van der Waals surface area contributed by atoms with Crippen LogP contribution < -0.4 is 0 Å². The standard InChI is InChI=1S/C67H110O12/c1-4-7-10-13-16-19-22-24-26-28-30-32-34-36-39-41-44-47-50-53-59(68)75-56-58(77-60(69)54-51-48-45-42-38-21-18-15-12-9-6-3)57-76-67-65(63(72)62(71)64(79-67)66(73)74)78-61(70)55-52-49-46-43-40-37-35-33-31-29-27-25-23-20-17-14-11-8-5-2/h7,10,15-16,18-19,24-27,30,32,36,39,44,47,58,62-65,67,71-72H,4-6,8-9,11-14,17,20-23,28-29,31,33-35,37-38,40-43,45-46,48-57H2,1-3H3,(H,73,74)/b10-7-,18-15-,19-16-,26-24-,27-25-,32-30-,39-36-,47-44-. The maximum atomic E-state index is 13.1. The first-order chi connectivity index (χ1) is 38.6. The van der Waals surface area contributed by atoms with Gasteiger partial charge in [0.05, 0.1) is 6.61 Å². The number of unbranched alkanes of at least 4 members (excludes halogenated alkanes) is 22. The van der Waals surface area contributed by atoms with E-state index in [0.29, 0.717) is 19.3 Å². The van der Waals surface area contributed by atoms with Gasteiger partial charge < -0.3 is 39.0 Å². The second kappa shape index (κ2) is 54.2. The molecule has 450 valence electrons. The number of hydrogen-bond donors (Lipinski definition) is 3. The van der Waals surface area contributed by atoms with Crippen molar-refractivity contribution in [2.45, 2.75) is 289 Å². The van der Waals surface area contributed by atoms with Crippen LogP contribution in [0.2, 0.25) is 0 Å². The minimum absolute atomic E-state index is 0.0472. The fourth-order valence-corrected chi connectivity index (χ4v) is 8.84. The predicted molar refractivity (Wildman–Crippen MR) is 321 cm³/mol. The van der Waals surface area contributed by atoms with Crippen molar-refractivity contribution >= 4 is 23.9 Å². The number of hydrogen-bond acceptors (Lipinski definition) is 11. The van der Waals surface area contributed by atoms with Crippen molar-refractivity contribution in [3.8, 4) is 0 Å². The van der Waals surface area contributed by atoms with E-state index in [9.17, 15) is 34.5 Å². The first kappa shape index (κ1) is 72.7. The Morgan fingerprint density at radius 3 is 1.30 bits per heavy atom. The molecule has 12 nitrogen and oxygen atoms in total. The summed E-state index contributed by atoms with van der Waals surface area (Å²) in [5.41, 5.74) is 0. The molecule has 0 amide bonds. The number of aliphatic carboxylic acids is 1. The van der Waals surface area contributed by atoms with Crippen molar-refractivity contribution in [3.05, 3.63) is 97.2 Å². The third-order valence-electron chi connectivity index (χ3n) is 13.6. The number of carboxylic acid groups (broad SMARTS) is 1. The number of carbonyl (C=O) groups is 4. The van der Waals surface area contributed by atoms with Crippen LogP contribution in [0.1, 0.15) is 252 Å². The second-order valence-corrected chi connectivity index (χ2v) is 20.9. The normalized spacial score (nSPS) is 18.5. The number of ether oxygens (including phenoxy) is 5. The lowest BCUT2D eigenvalue weighted by Gasteiger charge is -2.40. The summed E-state index contributed by atoms with van der Waals surface area (Å²) in [4.78, 5) is 51.1. The molecule has 1 aliphatic rings. The highest BCUT2D eigenvalue weighted by atomic mass is 16.7. The summed E-state index contributed by atoms with van der Waals surface area (Å²) in [5, 5.41) is 31.5. The molecule has 1 fully saturated rings. The summed E-state index contributed by atoms with van der Waals surface area (Å²) in [6.45, 7) is 5.77. The van der Waals surface area contributed by atoms with Crippen LogP contribution in [0, 0.1) is 0 Å². The van der Waals surface area contributed by atoms with Crippen LogP contribution in [-0.2, 0) is 42.9 Å². The van der Waals surface area contributed by atoms with Crippen molar-refractivity contribution in [1.82, 2.24) is 0 Å². The third-order valence-corrected chi connectivity index (χ3v) is 13.6. The first-order valence-corrected chi connectivity index (χ1v) is 31.2. The smallest absolute Gasteiger partial charge is 0.335 e. The minimum atomic E-state index is -1.92. The molecule has 6 unspecified atom stereocenters. The van der Waals surface area contributed by atoms with Gasteiger partial charge >= 0.3 is 23.9 Å². The largest absolute Gasteiger partial charge is 0.479 e. The topological polar surface area (TPSA) is 175 Å². The van der Waals surface area contributed by atoms with Crippen molar-refractivity contribution < 1.29 is 58.2 Å². The number of allylic oxidation sites excluding steroid dienone is 16. The van der Waals surface area contributed by atoms with Crippen molar-refractivity contribution in [2.24, 2.45) is 0 Å². The number of carboxylic acids is 1. The molecule has 0 saturated carbocycles. The van der Waals surface area contributed by atoms with Crippen LogP contribution in [0.4, 0.5) is 0 Å². The molecule has 12 heteroatoms.